The number of benzene rings is 3. The van der Waals surface area contributed by atoms with Gasteiger partial charge in [-0.15, -0.1) is 0 Å². The molecule has 3 aromatic carbocycles. The second kappa shape index (κ2) is 9.39. The van der Waals surface area contributed by atoms with E-state index in [1.165, 1.54) is 31.2 Å². The van der Waals surface area contributed by atoms with Gasteiger partial charge in [-0.1, -0.05) is 55.3 Å². The van der Waals surface area contributed by atoms with Gasteiger partial charge in [-0.3, -0.25) is 9.36 Å². The fourth-order valence-electron chi connectivity index (χ4n) is 4.81. The molecule has 5 rings (SSSR count). The van der Waals surface area contributed by atoms with Crippen molar-refractivity contribution in [2.45, 2.75) is 44.9 Å². The zero-order valence-corrected chi connectivity index (χ0v) is 18.3. The van der Waals surface area contributed by atoms with Crippen molar-refractivity contribution in [2.24, 2.45) is 5.92 Å². The lowest BCUT2D eigenvalue weighted by molar-refractivity contribution is -0.117. The first-order valence-electron chi connectivity index (χ1n) is 11.7. The van der Waals surface area contributed by atoms with Crippen LogP contribution in [0.4, 0.5) is 5.69 Å². The number of anilines is 1. The van der Waals surface area contributed by atoms with E-state index in [4.69, 9.17) is 4.98 Å². The molecule has 0 aliphatic heterocycles. The van der Waals surface area contributed by atoms with E-state index < -0.39 is 0 Å². The van der Waals surface area contributed by atoms with Crippen LogP contribution in [0.15, 0.2) is 78.9 Å². The van der Waals surface area contributed by atoms with Crippen LogP contribution in [0.2, 0.25) is 0 Å². The van der Waals surface area contributed by atoms with E-state index >= 15 is 0 Å². The predicted octanol–water partition coefficient (Wildman–Crippen LogP) is 6.33. The second-order valence-electron chi connectivity index (χ2n) is 8.79. The average Bonchev–Trinajstić information content (AvgIpc) is 3.46. The molecule has 0 bridgehead atoms. The molecular formula is C28H29N3O. The van der Waals surface area contributed by atoms with Gasteiger partial charge >= 0.3 is 0 Å². The summed E-state index contributed by atoms with van der Waals surface area (Å²) < 4.78 is 2.26. The van der Waals surface area contributed by atoms with Crippen LogP contribution in [0.25, 0.3) is 16.7 Å². The van der Waals surface area contributed by atoms with Crippen molar-refractivity contribution < 1.29 is 4.79 Å². The molecule has 4 aromatic rings. The molecule has 4 heteroatoms. The monoisotopic (exact) mass is 423 g/mol. The molecule has 1 fully saturated rings. The fourth-order valence-corrected chi connectivity index (χ4v) is 4.81. The molecule has 0 saturated heterocycles. The first-order valence-corrected chi connectivity index (χ1v) is 11.7. The quantitative estimate of drug-likeness (QED) is 0.377. The van der Waals surface area contributed by atoms with Gasteiger partial charge in [-0.25, -0.2) is 4.98 Å². The third-order valence-corrected chi connectivity index (χ3v) is 6.47. The standard InChI is InChI=1S/C28H29N3O/c32-28(20-22-8-4-5-9-22)29-23-17-14-21(15-18-23)16-19-27-30-25-12-6-7-13-26(25)31(27)24-10-2-1-3-11-24/h1-3,6-7,10-15,17-18,22H,4-5,8-9,16,19-20H2,(H,29,32). The van der Waals surface area contributed by atoms with Gasteiger partial charge in [-0.2, -0.15) is 0 Å². The molecule has 1 aliphatic rings. The van der Waals surface area contributed by atoms with Gasteiger partial charge in [0.25, 0.3) is 0 Å². The van der Waals surface area contributed by atoms with Gasteiger partial charge in [0.05, 0.1) is 11.0 Å². The van der Waals surface area contributed by atoms with Gasteiger partial charge in [0, 0.05) is 24.2 Å². The van der Waals surface area contributed by atoms with E-state index in [1.807, 2.05) is 24.3 Å². The molecule has 1 N–H and O–H groups in total. The van der Waals surface area contributed by atoms with Crippen molar-refractivity contribution in [1.29, 1.82) is 0 Å². The van der Waals surface area contributed by atoms with Crippen LogP contribution in [0.3, 0.4) is 0 Å². The molecule has 1 heterocycles. The maximum Gasteiger partial charge on any atom is 0.224 e. The zero-order chi connectivity index (χ0) is 21.8. The molecule has 0 radical (unpaired) electrons. The van der Waals surface area contributed by atoms with E-state index in [2.05, 4.69) is 64.5 Å². The van der Waals surface area contributed by atoms with E-state index in [0.717, 1.165) is 41.1 Å². The number of carbonyl (C=O) groups excluding carboxylic acids is 1. The Morgan fingerprint density at radius 3 is 2.38 bits per heavy atom. The highest BCUT2D eigenvalue weighted by molar-refractivity contribution is 5.90. The largest absolute Gasteiger partial charge is 0.326 e. The van der Waals surface area contributed by atoms with Crippen LogP contribution in [0.1, 0.15) is 43.5 Å². The fraction of sp³-hybridized carbons (Fsp3) is 0.286. The number of amides is 1. The SMILES string of the molecule is O=C(CC1CCCC1)Nc1ccc(CCc2nc3ccccc3n2-c2ccccc2)cc1. The molecule has 162 valence electrons. The van der Waals surface area contributed by atoms with Gasteiger partial charge in [-0.05, 0) is 67.1 Å². The first kappa shape index (κ1) is 20.5. The number of para-hydroxylation sites is 3. The Balaban J connectivity index is 1.27. The van der Waals surface area contributed by atoms with E-state index in [0.29, 0.717) is 12.3 Å². The average molecular weight is 424 g/mol. The molecule has 0 unspecified atom stereocenters. The highest BCUT2D eigenvalue weighted by Gasteiger charge is 2.18. The van der Waals surface area contributed by atoms with Gasteiger partial charge in [0.2, 0.25) is 5.91 Å². The van der Waals surface area contributed by atoms with Crippen molar-refractivity contribution in [1.82, 2.24) is 9.55 Å². The lowest BCUT2D eigenvalue weighted by Crippen LogP contribution is -2.15. The number of fused-ring (bicyclic) bond motifs is 1. The normalized spacial score (nSPS) is 14.1. The lowest BCUT2D eigenvalue weighted by Gasteiger charge is -2.11. The predicted molar refractivity (Wildman–Crippen MR) is 130 cm³/mol. The minimum Gasteiger partial charge on any atom is -0.326 e. The van der Waals surface area contributed by atoms with Crippen molar-refractivity contribution in [3.63, 3.8) is 0 Å². The number of aromatic nitrogens is 2. The van der Waals surface area contributed by atoms with E-state index in [1.54, 1.807) is 0 Å². The smallest absolute Gasteiger partial charge is 0.224 e. The van der Waals surface area contributed by atoms with Gasteiger partial charge < -0.3 is 5.32 Å². The Hall–Kier alpha value is -3.40. The van der Waals surface area contributed by atoms with Crippen molar-refractivity contribution >= 4 is 22.6 Å². The summed E-state index contributed by atoms with van der Waals surface area (Å²) in [6.45, 7) is 0. The summed E-state index contributed by atoms with van der Waals surface area (Å²) >= 11 is 0. The Morgan fingerprint density at radius 1 is 0.875 bits per heavy atom. The molecule has 4 nitrogen and oxygen atoms in total. The molecule has 1 aromatic heterocycles. The van der Waals surface area contributed by atoms with Crippen LogP contribution < -0.4 is 5.32 Å². The number of nitrogens with one attached hydrogen (secondary N) is 1. The van der Waals surface area contributed by atoms with Gasteiger partial charge in [0.15, 0.2) is 0 Å². The van der Waals surface area contributed by atoms with Crippen molar-refractivity contribution in [2.75, 3.05) is 5.32 Å². The third kappa shape index (κ3) is 4.59. The summed E-state index contributed by atoms with van der Waals surface area (Å²) in [7, 11) is 0. The molecule has 1 aliphatic carbocycles. The molecule has 32 heavy (non-hydrogen) atoms. The zero-order valence-electron chi connectivity index (χ0n) is 18.3. The van der Waals surface area contributed by atoms with Crippen LogP contribution in [0.5, 0.6) is 0 Å². The Bertz CT molecular complexity index is 1190. The number of hydrogen-bond acceptors (Lipinski definition) is 2. The summed E-state index contributed by atoms with van der Waals surface area (Å²) in [6.07, 6.45) is 7.32. The molecule has 0 atom stereocenters. The molecule has 0 spiro atoms. The van der Waals surface area contributed by atoms with Crippen molar-refractivity contribution in [3.8, 4) is 5.69 Å². The first-order chi connectivity index (χ1) is 15.8. The Morgan fingerprint density at radius 2 is 1.59 bits per heavy atom. The third-order valence-electron chi connectivity index (χ3n) is 6.47. The van der Waals surface area contributed by atoms with E-state index in [9.17, 15) is 4.79 Å². The van der Waals surface area contributed by atoms with Crippen LogP contribution >= 0.6 is 0 Å². The molecular weight excluding hydrogens is 394 g/mol. The maximum absolute atomic E-state index is 12.3. The van der Waals surface area contributed by atoms with Crippen molar-refractivity contribution in [3.05, 3.63) is 90.3 Å². The summed E-state index contributed by atoms with van der Waals surface area (Å²) in [5.41, 5.74) is 5.41. The Kier molecular flexibility index (Phi) is 6.02. The van der Waals surface area contributed by atoms with Gasteiger partial charge in [0.1, 0.15) is 5.82 Å². The summed E-state index contributed by atoms with van der Waals surface area (Å²) in [6, 6.07) is 27.0. The minimum absolute atomic E-state index is 0.140. The maximum atomic E-state index is 12.3. The number of aryl methyl sites for hydroxylation is 2. The van der Waals surface area contributed by atoms with E-state index in [-0.39, 0.29) is 5.91 Å². The minimum atomic E-state index is 0.140. The molecule has 1 saturated carbocycles. The second-order valence-corrected chi connectivity index (χ2v) is 8.79. The number of rotatable bonds is 7. The number of nitrogens with zero attached hydrogens (tertiary/aromatic N) is 2. The molecule has 1 amide bonds. The number of carbonyl (C=O) groups is 1. The summed E-state index contributed by atoms with van der Waals surface area (Å²) in [5.74, 6) is 1.77. The van der Waals surface area contributed by atoms with Crippen LogP contribution in [0, 0.1) is 5.92 Å². The Labute approximate surface area is 189 Å². The van der Waals surface area contributed by atoms with Crippen LogP contribution in [-0.4, -0.2) is 15.5 Å². The lowest BCUT2D eigenvalue weighted by atomic mass is 10.0. The summed E-state index contributed by atoms with van der Waals surface area (Å²) in [5, 5.41) is 3.06. The topological polar surface area (TPSA) is 46.9 Å². The highest BCUT2D eigenvalue weighted by Crippen LogP contribution is 2.28. The number of hydrogen-bond donors (Lipinski definition) is 1. The summed E-state index contributed by atoms with van der Waals surface area (Å²) in [4.78, 5) is 17.2. The van der Waals surface area contributed by atoms with Crippen LogP contribution in [-0.2, 0) is 17.6 Å². The number of imidazole rings is 1. The highest BCUT2D eigenvalue weighted by atomic mass is 16.1.